The van der Waals surface area contributed by atoms with Gasteiger partial charge < -0.3 is 14.8 Å². The van der Waals surface area contributed by atoms with Gasteiger partial charge in [-0.1, -0.05) is 19.1 Å². The van der Waals surface area contributed by atoms with E-state index in [1.807, 2.05) is 31.2 Å². The highest BCUT2D eigenvalue weighted by Gasteiger charge is 2.15. The minimum absolute atomic E-state index is 0.0998. The van der Waals surface area contributed by atoms with E-state index < -0.39 is 6.10 Å². The number of rotatable bonds is 7. The van der Waals surface area contributed by atoms with Crippen LogP contribution in [0.5, 0.6) is 5.75 Å². The fourth-order valence-electron chi connectivity index (χ4n) is 2.08. The lowest BCUT2D eigenvalue weighted by molar-refractivity contribution is -0.131. The third-order valence-corrected chi connectivity index (χ3v) is 4.31. The number of aromatic nitrogens is 1. The Morgan fingerprint density at radius 2 is 2.14 bits per heavy atom. The van der Waals surface area contributed by atoms with Gasteiger partial charge in [0.25, 0.3) is 0 Å². The van der Waals surface area contributed by atoms with Crippen molar-refractivity contribution >= 4 is 17.2 Å². The molecule has 22 heavy (non-hydrogen) atoms. The molecule has 0 fully saturated rings. The lowest BCUT2D eigenvalue weighted by atomic mass is 10.2. The first kappa shape index (κ1) is 16.5. The van der Waals surface area contributed by atoms with Crippen LogP contribution in [-0.4, -0.2) is 31.2 Å². The van der Waals surface area contributed by atoms with Gasteiger partial charge in [-0.2, -0.15) is 0 Å². The van der Waals surface area contributed by atoms with Crippen molar-refractivity contribution in [2.75, 3.05) is 14.2 Å². The van der Waals surface area contributed by atoms with Crippen LogP contribution >= 0.6 is 11.3 Å². The molecule has 0 aliphatic carbocycles. The maximum absolute atomic E-state index is 11.9. The molecular formula is C16H20N2O3S. The van der Waals surface area contributed by atoms with Crippen LogP contribution in [0, 0.1) is 0 Å². The lowest BCUT2D eigenvalue weighted by Crippen LogP contribution is -2.34. The molecule has 0 unspecified atom stereocenters. The first-order valence-electron chi connectivity index (χ1n) is 7.08. The summed E-state index contributed by atoms with van der Waals surface area (Å²) in [6.07, 6.45) is 2.03. The summed E-state index contributed by atoms with van der Waals surface area (Å²) in [5.74, 6) is 0.690. The van der Waals surface area contributed by atoms with Crippen LogP contribution in [0.3, 0.4) is 0 Å². The minimum atomic E-state index is -0.401. The largest absolute Gasteiger partial charge is 0.496 e. The summed E-state index contributed by atoms with van der Waals surface area (Å²) in [6, 6.07) is 7.75. The van der Waals surface area contributed by atoms with Gasteiger partial charge in [0.1, 0.15) is 16.9 Å². The maximum atomic E-state index is 11.9. The topological polar surface area (TPSA) is 60.5 Å². The molecule has 0 saturated heterocycles. The van der Waals surface area contributed by atoms with Gasteiger partial charge in [-0.15, -0.1) is 11.3 Å². The second-order valence-electron chi connectivity index (χ2n) is 4.68. The van der Waals surface area contributed by atoms with Gasteiger partial charge in [-0.25, -0.2) is 4.98 Å². The monoisotopic (exact) mass is 320 g/mol. The zero-order valence-corrected chi connectivity index (χ0v) is 13.8. The third kappa shape index (κ3) is 3.84. The summed E-state index contributed by atoms with van der Waals surface area (Å²) in [4.78, 5) is 17.3. The van der Waals surface area contributed by atoms with Gasteiger partial charge in [-0.3, -0.25) is 4.79 Å². The number of hydrogen-bond acceptors (Lipinski definition) is 5. The molecule has 1 heterocycles. The molecule has 0 saturated carbocycles. The molecule has 0 radical (unpaired) electrons. The van der Waals surface area contributed by atoms with E-state index in [-0.39, 0.29) is 5.91 Å². The molecule has 0 bridgehead atoms. The second kappa shape index (κ2) is 7.91. The summed E-state index contributed by atoms with van der Waals surface area (Å²) >= 11 is 1.54. The van der Waals surface area contributed by atoms with E-state index in [0.29, 0.717) is 13.0 Å². The number of benzene rings is 1. The highest BCUT2D eigenvalue weighted by molar-refractivity contribution is 7.15. The molecule has 1 aromatic carbocycles. The second-order valence-corrected chi connectivity index (χ2v) is 5.80. The standard InChI is InChI=1S/C16H20N2O3S/c1-4-13(20-2)15(19)17-9-11-10-18-16(22-11)12-7-5-6-8-14(12)21-3/h5-8,10,13H,4,9H2,1-3H3,(H,17,19)/t13-/m0/s1. The summed E-state index contributed by atoms with van der Waals surface area (Å²) in [7, 11) is 3.18. The van der Waals surface area contributed by atoms with Gasteiger partial charge in [0.2, 0.25) is 5.91 Å². The van der Waals surface area contributed by atoms with Gasteiger partial charge in [0.05, 0.1) is 19.2 Å². The van der Waals surface area contributed by atoms with Crippen molar-refractivity contribution in [1.29, 1.82) is 0 Å². The number of thiazole rings is 1. The van der Waals surface area contributed by atoms with Crippen molar-refractivity contribution in [2.45, 2.75) is 26.0 Å². The van der Waals surface area contributed by atoms with Gasteiger partial charge >= 0.3 is 0 Å². The predicted molar refractivity (Wildman–Crippen MR) is 87.0 cm³/mol. The molecule has 0 aliphatic rings. The summed E-state index contributed by atoms with van der Waals surface area (Å²) in [6.45, 7) is 2.37. The van der Waals surface area contributed by atoms with Crippen molar-refractivity contribution in [3.8, 4) is 16.3 Å². The summed E-state index contributed by atoms with van der Waals surface area (Å²) in [5.41, 5.74) is 0.955. The molecule has 2 aromatic rings. The number of para-hydroxylation sites is 1. The Bertz CT molecular complexity index is 623. The maximum Gasteiger partial charge on any atom is 0.249 e. The minimum Gasteiger partial charge on any atom is -0.496 e. The number of hydrogen-bond donors (Lipinski definition) is 1. The Hall–Kier alpha value is -1.92. The van der Waals surface area contributed by atoms with Crippen LogP contribution in [0.1, 0.15) is 18.2 Å². The average Bonchev–Trinajstić information content (AvgIpc) is 3.02. The van der Waals surface area contributed by atoms with E-state index >= 15 is 0 Å². The Balaban J connectivity index is 2.04. The number of carbonyl (C=O) groups is 1. The molecule has 1 N–H and O–H groups in total. The fourth-order valence-corrected chi connectivity index (χ4v) is 2.96. The molecule has 0 spiro atoms. The van der Waals surface area contributed by atoms with Crippen LogP contribution in [0.15, 0.2) is 30.5 Å². The lowest BCUT2D eigenvalue weighted by Gasteiger charge is -2.12. The molecule has 1 atom stereocenters. The number of methoxy groups -OCH3 is 2. The van der Waals surface area contributed by atoms with Crippen LogP contribution in [0.25, 0.3) is 10.6 Å². The summed E-state index contributed by atoms with van der Waals surface area (Å²) in [5, 5.41) is 3.74. The van der Waals surface area contributed by atoms with Crippen molar-refractivity contribution in [2.24, 2.45) is 0 Å². The van der Waals surface area contributed by atoms with E-state index in [2.05, 4.69) is 10.3 Å². The molecule has 6 heteroatoms. The number of carbonyl (C=O) groups excluding carboxylic acids is 1. The predicted octanol–water partition coefficient (Wildman–Crippen LogP) is 2.86. The molecule has 1 aromatic heterocycles. The van der Waals surface area contributed by atoms with Gasteiger partial charge in [-0.05, 0) is 18.6 Å². The summed E-state index contributed by atoms with van der Waals surface area (Å²) < 4.78 is 10.5. The van der Waals surface area contributed by atoms with E-state index in [0.717, 1.165) is 21.2 Å². The fraction of sp³-hybridized carbons (Fsp3) is 0.375. The van der Waals surface area contributed by atoms with Crippen molar-refractivity contribution in [3.05, 3.63) is 35.3 Å². The van der Waals surface area contributed by atoms with Crippen LogP contribution in [-0.2, 0) is 16.1 Å². The van der Waals surface area contributed by atoms with E-state index in [1.165, 1.54) is 11.3 Å². The normalized spacial score (nSPS) is 12.0. The Morgan fingerprint density at radius 1 is 1.36 bits per heavy atom. The average molecular weight is 320 g/mol. The molecule has 1 amide bonds. The van der Waals surface area contributed by atoms with E-state index in [9.17, 15) is 4.79 Å². The van der Waals surface area contributed by atoms with Crippen molar-refractivity contribution in [3.63, 3.8) is 0 Å². The highest BCUT2D eigenvalue weighted by Crippen LogP contribution is 2.32. The first-order valence-corrected chi connectivity index (χ1v) is 7.89. The number of amides is 1. The van der Waals surface area contributed by atoms with Crippen molar-refractivity contribution in [1.82, 2.24) is 10.3 Å². The Morgan fingerprint density at radius 3 is 2.82 bits per heavy atom. The quantitative estimate of drug-likeness (QED) is 0.852. The Kier molecular flexibility index (Phi) is 5.91. The smallest absolute Gasteiger partial charge is 0.249 e. The van der Waals surface area contributed by atoms with Crippen LogP contribution in [0.2, 0.25) is 0 Å². The SMILES string of the molecule is CC[C@H](OC)C(=O)NCc1cnc(-c2ccccc2OC)s1. The van der Waals surface area contributed by atoms with Crippen molar-refractivity contribution < 1.29 is 14.3 Å². The molecular weight excluding hydrogens is 300 g/mol. The first-order chi connectivity index (χ1) is 10.7. The van der Waals surface area contributed by atoms with Gasteiger partial charge in [0, 0.05) is 18.2 Å². The molecule has 0 aliphatic heterocycles. The molecule has 5 nitrogen and oxygen atoms in total. The third-order valence-electron chi connectivity index (χ3n) is 3.28. The zero-order chi connectivity index (χ0) is 15.9. The number of nitrogens with one attached hydrogen (secondary N) is 1. The number of ether oxygens (including phenoxy) is 2. The molecule has 2 rings (SSSR count). The highest BCUT2D eigenvalue weighted by atomic mass is 32.1. The van der Waals surface area contributed by atoms with E-state index in [1.54, 1.807) is 20.4 Å². The van der Waals surface area contributed by atoms with E-state index in [4.69, 9.17) is 9.47 Å². The van der Waals surface area contributed by atoms with Gasteiger partial charge in [0.15, 0.2) is 0 Å². The molecule has 118 valence electrons. The van der Waals surface area contributed by atoms with Crippen LogP contribution in [0.4, 0.5) is 0 Å². The number of nitrogens with zero attached hydrogens (tertiary/aromatic N) is 1. The zero-order valence-electron chi connectivity index (χ0n) is 13.0. The Labute approximate surface area is 134 Å². The van der Waals surface area contributed by atoms with Crippen LogP contribution < -0.4 is 10.1 Å².